The van der Waals surface area contributed by atoms with Crippen molar-refractivity contribution in [2.24, 2.45) is 0 Å². The van der Waals surface area contributed by atoms with Crippen LogP contribution in [0.3, 0.4) is 0 Å². The van der Waals surface area contributed by atoms with Gasteiger partial charge >= 0.3 is 5.97 Å². The lowest BCUT2D eigenvalue weighted by Gasteiger charge is -2.13. The van der Waals surface area contributed by atoms with Crippen LogP contribution in [-0.4, -0.2) is 36.7 Å². The molecule has 0 bridgehead atoms. The molecule has 146 valence electrons. The highest BCUT2D eigenvalue weighted by atomic mass is 35.5. The molecule has 0 atom stereocenters. The van der Waals surface area contributed by atoms with E-state index in [9.17, 15) is 9.59 Å². The molecule has 0 radical (unpaired) electrons. The molecular formula is C19H17ClN2O6. The maximum Gasteiger partial charge on any atom is 0.342 e. The predicted molar refractivity (Wildman–Crippen MR) is 102 cm³/mol. The summed E-state index contributed by atoms with van der Waals surface area (Å²) in [6.45, 7) is -0.190. The SMILES string of the molecule is COc1cc(OC)c(C(=O)OCc2cc(=O)n3cc(Cl)ccc3n2)cc1OC. The van der Waals surface area contributed by atoms with Crippen LogP contribution in [0.2, 0.25) is 5.02 Å². The molecule has 3 rings (SSSR count). The molecule has 9 heteroatoms. The van der Waals surface area contributed by atoms with Crippen molar-refractivity contribution in [1.82, 2.24) is 9.38 Å². The Labute approximate surface area is 165 Å². The monoisotopic (exact) mass is 404 g/mol. The van der Waals surface area contributed by atoms with Crippen molar-refractivity contribution in [3.05, 3.63) is 63.2 Å². The zero-order valence-corrected chi connectivity index (χ0v) is 16.1. The van der Waals surface area contributed by atoms with Gasteiger partial charge in [-0.05, 0) is 12.1 Å². The highest BCUT2D eigenvalue weighted by molar-refractivity contribution is 6.30. The van der Waals surface area contributed by atoms with Gasteiger partial charge in [-0.25, -0.2) is 9.78 Å². The summed E-state index contributed by atoms with van der Waals surface area (Å²) >= 11 is 5.89. The number of rotatable bonds is 6. The summed E-state index contributed by atoms with van der Waals surface area (Å²) in [6.07, 6.45) is 1.47. The van der Waals surface area contributed by atoms with Gasteiger partial charge in [-0.2, -0.15) is 0 Å². The normalized spacial score (nSPS) is 10.6. The van der Waals surface area contributed by atoms with Crippen LogP contribution < -0.4 is 19.8 Å². The summed E-state index contributed by atoms with van der Waals surface area (Å²) in [4.78, 5) is 29.0. The van der Waals surface area contributed by atoms with E-state index in [0.29, 0.717) is 27.9 Å². The second-order valence-electron chi connectivity index (χ2n) is 5.64. The number of esters is 1. The van der Waals surface area contributed by atoms with Gasteiger partial charge in [0.05, 0.1) is 32.0 Å². The van der Waals surface area contributed by atoms with Crippen LogP contribution in [0, 0.1) is 0 Å². The summed E-state index contributed by atoms with van der Waals surface area (Å²) in [5, 5.41) is 0.413. The summed E-state index contributed by atoms with van der Waals surface area (Å²) in [6, 6.07) is 7.49. The fourth-order valence-corrected chi connectivity index (χ4v) is 2.77. The van der Waals surface area contributed by atoms with Crippen molar-refractivity contribution in [3.8, 4) is 17.2 Å². The maximum atomic E-state index is 12.5. The lowest BCUT2D eigenvalue weighted by atomic mass is 10.1. The molecule has 0 fully saturated rings. The number of carbonyl (C=O) groups excluding carboxylic acids is 1. The van der Waals surface area contributed by atoms with Crippen molar-refractivity contribution in [2.75, 3.05) is 21.3 Å². The zero-order valence-electron chi connectivity index (χ0n) is 15.4. The average Bonchev–Trinajstić information content (AvgIpc) is 2.71. The number of halogens is 1. The number of hydrogen-bond acceptors (Lipinski definition) is 7. The number of carbonyl (C=O) groups is 1. The summed E-state index contributed by atoms with van der Waals surface area (Å²) in [7, 11) is 4.36. The Morgan fingerprint density at radius 3 is 2.39 bits per heavy atom. The second kappa shape index (κ2) is 8.18. The minimum Gasteiger partial charge on any atom is -0.496 e. The summed E-state index contributed by atoms with van der Waals surface area (Å²) in [5.74, 6) is 0.382. The van der Waals surface area contributed by atoms with E-state index in [4.69, 9.17) is 30.5 Å². The lowest BCUT2D eigenvalue weighted by molar-refractivity contribution is 0.0463. The molecule has 0 unspecified atom stereocenters. The van der Waals surface area contributed by atoms with Gasteiger partial charge in [0.1, 0.15) is 23.6 Å². The Balaban J connectivity index is 1.85. The number of nitrogens with zero attached hydrogens (tertiary/aromatic N) is 2. The Bertz CT molecular complexity index is 1100. The number of fused-ring (bicyclic) bond motifs is 1. The molecule has 2 heterocycles. The molecule has 2 aromatic heterocycles. The van der Waals surface area contributed by atoms with E-state index in [1.807, 2.05) is 0 Å². The van der Waals surface area contributed by atoms with Crippen LogP contribution in [-0.2, 0) is 11.3 Å². The Hall–Kier alpha value is -3.26. The number of methoxy groups -OCH3 is 3. The molecule has 0 aliphatic heterocycles. The summed E-state index contributed by atoms with van der Waals surface area (Å²) < 4.78 is 22.2. The van der Waals surface area contributed by atoms with Crippen molar-refractivity contribution < 1.29 is 23.7 Å². The van der Waals surface area contributed by atoms with E-state index in [2.05, 4.69) is 4.98 Å². The van der Waals surface area contributed by atoms with Gasteiger partial charge in [-0.1, -0.05) is 11.6 Å². The first-order chi connectivity index (χ1) is 13.5. The van der Waals surface area contributed by atoms with Crippen molar-refractivity contribution in [2.45, 2.75) is 6.61 Å². The van der Waals surface area contributed by atoms with Crippen LogP contribution in [0.25, 0.3) is 5.65 Å². The number of benzene rings is 1. The molecule has 0 aliphatic carbocycles. The molecule has 0 saturated heterocycles. The van der Waals surface area contributed by atoms with Crippen LogP contribution in [0.5, 0.6) is 17.2 Å². The first kappa shape index (κ1) is 19.5. The van der Waals surface area contributed by atoms with E-state index >= 15 is 0 Å². The van der Waals surface area contributed by atoms with E-state index in [1.54, 1.807) is 12.1 Å². The third kappa shape index (κ3) is 3.86. The molecular weight excluding hydrogens is 388 g/mol. The third-order valence-corrected chi connectivity index (χ3v) is 4.18. The van der Waals surface area contributed by atoms with Crippen LogP contribution >= 0.6 is 11.6 Å². The van der Waals surface area contributed by atoms with E-state index < -0.39 is 5.97 Å². The summed E-state index contributed by atoms with van der Waals surface area (Å²) in [5.41, 5.74) is 0.526. The largest absolute Gasteiger partial charge is 0.496 e. The smallest absolute Gasteiger partial charge is 0.342 e. The minimum atomic E-state index is -0.657. The van der Waals surface area contributed by atoms with Gasteiger partial charge in [0.25, 0.3) is 5.56 Å². The molecule has 0 amide bonds. The average molecular weight is 405 g/mol. The molecule has 28 heavy (non-hydrogen) atoms. The molecule has 0 aliphatic rings. The van der Waals surface area contributed by atoms with E-state index in [-0.39, 0.29) is 23.5 Å². The third-order valence-electron chi connectivity index (χ3n) is 3.95. The fraction of sp³-hybridized carbons (Fsp3) is 0.211. The minimum absolute atomic E-state index is 0.157. The Morgan fingerprint density at radius 1 is 1.04 bits per heavy atom. The van der Waals surface area contributed by atoms with Gasteiger partial charge < -0.3 is 18.9 Å². The van der Waals surface area contributed by atoms with Gasteiger partial charge in [0, 0.05) is 24.4 Å². The molecule has 8 nitrogen and oxygen atoms in total. The van der Waals surface area contributed by atoms with Crippen molar-refractivity contribution in [1.29, 1.82) is 0 Å². The van der Waals surface area contributed by atoms with Gasteiger partial charge in [-0.15, -0.1) is 0 Å². The first-order valence-corrected chi connectivity index (χ1v) is 8.49. The highest BCUT2D eigenvalue weighted by Crippen LogP contribution is 2.35. The predicted octanol–water partition coefficient (Wildman–Crippen LogP) is 2.73. The maximum absolute atomic E-state index is 12.5. The molecule has 0 N–H and O–H groups in total. The van der Waals surface area contributed by atoms with Crippen LogP contribution in [0.1, 0.15) is 16.1 Å². The first-order valence-electron chi connectivity index (χ1n) is 8.11. The van der Waals surface area contributed by atoms with Gasteiger partial charge in [0.2, 0.25) is 0 Å². The molecule has 1 aromatic carbocycles. The Morgan fingerprint density at radius 2 is 1.71 bits per heavy atom. The number of hydrogen-bond donors (Lipinski definition) is 0. The quantitative estimate of drug-likeness (QED) is 0.583. The molecule has 3 aromatic rings. The topological polar surface area (TPSA) is 88.4 Å². The fourth-order valence-electron chi connectivity index (χ4n) is 2.61. The van der Waals surface area contributed by atoms with Crippen molar-refractivity contribution in [3.63, 3.8) is 0 Å². The molecule has 0 spiro atoms. The second-order valence-corrected chi connectivity index (χ2v) is 6.08. The highest BCUT2D eigenvalue weighted by Gasteiger charge is 2.19. The van der Waals surface area contributed by atoms with Gasteiger partial charge in [0.15, 0.2) is 11.5 Å². The van der Waals surface area contributed by atoms with Crippen molar-refractivity contribution >= 4 is 23.2 Å². The van der Waals surface area contributed by atoms with E-state index in [0.717, 1.165) is 0 Å². The zero-order chi connectivity index (χ0) is 20.3. The Kier molecular flexibility index (Phi) is 5.70. The van der Waals surface area contributed by atoms with Crippen LogP contribution in [0.4, 0.5) is 0 Å². The number of ether oxygens (including phenoxy) is 4. The molecule has 0 saturated carbocycles. The van der Waals surface area contributed by atoms with Gasteiger partial charge in [-0.3, -0.25) is 9.20 Å². The number of pyridine rings is 1. The standard InChI is InChI=1S/C19H17ClN2O6/c1-25-14-8-16(27-3)15(26-2)7-13(14)19(24)28-10-12-6-18(23)22-9-11(20)4-5-17(22)21-12/h4-9H,10H2,1-3H3. The van der Waals surface area contributed by atoms with E-state index in [1.165, 1.54) is 50.1 Å². The lowest BCUT2D eigenvalue weighted by Crippen LogP contribution is -2.16. The number of aromatic nitrogens is 2. The van der Waals surface area contributed by atoms with Crippen LogP contribution in [0.15, 0.2) is 41.3 Å².